The molecule has 6 nitrogen and oxygen atoms in total. The Labute approximate surface area is 211 Å². The quantitative estimate of drug-likeness (QED) is 0.191. The van der Waals surface area contributed by atoms with E-state index in [9.17, 15) is 25.5 Å². The molecule has 0 amide bonds. The average Bonchev–Trinajstić information content (AvgIpc) is 2.82. The van der Waals surface area contributed by atoms with Crippen molar-refractivity contribution < 1.29 is 30.6 Å². The van der Waals surface area contributed by atoms with Crippen LogP contribution in [-0.4, -0.2) is 77.5 Å². The van der Waals surface area contributed by atoms with Gasteiger partial charge in [-0.25, -0.2) is 0 Å². The first-order chi connectivity index (χ1) is 16.0. The van der Waals surface area contributed by atoms with Gasteiger partial charge < -0.3 is 30.6 Å². The highest BCUT2D eigenvalue weighted by Gasteiger charge is 2.41. The fraction of sp³-hybridized carbons (Fsp3) is 0.462. The van der Waals surface area contributed by atoms with Gasteiger partial charge in [0.2, 0.25) is 0 Å². The Morgan fingerprint density at radius 1 is 0.735 bits per heavy atom. The maximum atomic E-state index is 11.2. The van der Waals surface area contributed by atoms with E-state index in [1.54, 1.807) is 0 Å². The first-order valence-electron chi connectivity index (χ1n) is 11.2. The fourth-order valence-electron chi connectivity index (χ4n) is 4.15. The molecule has 7 atom stereocenters. The minimum Gasteiger partial charge on any atom is -0.394 e. The Kier molecular flexibility index (Phi) is 10.9. The fourth-order valence-corrected chi connectivity index (χ4v) is 5.24. The van der Waals surface area contributed by atoms with Crippen molar-refractivity contribution in [2.45, 2.75) is 57.7 Å². The first kappa shape index (κ1) is 28.6. The number of aryl methyl sites for hydroxylation is 2. The second-order valence-corrected chi connectivity index (χ2v) is 9.77. The van der Waals surface area contributed by atoms with Gasteiger partial charge in [-0.3, -0.25) is 0 Å². The molecule has 8 heteroatoms. The number of aliphatic hydroxyl groups excluding tert-OH is 6. The minimum atomic E-state index is -1.91. The summed E-state index contributed by atoms with van der Waals surface area (Å²) in [6, 6.07) is 15.1. The van der Waals surface area contributed by atoms with Gasteiger partial charge in [0, 0.05) is 15.6 Å². The molecule has 2 aromatic rings. The van der Waals surface area contributed by atoms with Crippen molar-refractivity contribution >= 4 is 34.2 Å². The van der Waals surface area contributed by atoms with Gasteiger partial charge in [0.25, 0.3) is 0 Å². The zero-order valence-electron chi connectivity index (χ0n) is 19.6. The third-order valence-electron chi connectivity index (χ3n) is 6.28. The molecule has 0 saturated heterocycles. The highest BCUT2D eigenvalue weighted by Crippen LogP contribution is 2.31. The van der Waals surface area contributed by atoms with Gasteiger partial charge in [0.1, 0.15) is 24.4 Å². The van der Waals surface area contributed by atoms with Gasteiger partial charge in [-0.2, -0.15) is 0 Å². The van der Waals surface area contributed by atoms with Gasteiger partial charge >= 0.3 is 0 Å². The molecule has 0 bridgehead atoms. The Hall–Kier alpha value is -1.62. The monoisotopic (exact) mass is 506 g/mol. The third kappa shape index (κ3) is 6.74. The van der Waals surface area contributed by atoms with Crippen molar-refractivity contribution in [3.05, 3.63) is 70.8 Å². The second kappa shape index (κ2) is 12.9. The predicted octanol–water partition coefficient (Wildman–Crippen LogP) is 1.88. The summed E-state index contributed by atoms with van der Waals surface area (Å²) in [5.74, 6) is -1.14. The summed E-state index contributed by atoms with van der Waals surface area (Å²) in [4.78, 5) is 1.08. The zero-order chi connectivity index (χ0) is 25.6. The van der Waals surface area contributed by atoms with E-state index in [0.717, 1.165) is 22.3 Å². The molecule has 186 valence electrons. The summed E-state index contributed by atoms with van der Waals surface area (Å²) in [6.07, 6.45) is -8.46. The van der Waals surface area contributed by atoms with E-state index in [0.29, 0.717) is 16.1 Å². The van der Waals surface area contributed by atoms with Crippen LogP contribution in [0, 0.1) is 25.7 Å². The molecule has 0 heterocycles. The Balaban J connectivity index is 2.39. The lowest BCUT2D eigenvalue weighted by molar-refractivity contribution is -0.146. The van der Waals surface area contributed by atoms with Gasteiger partial charge in [-0.15, -0.1) is 0 Å². The van der Waals surface area contributed by atoms with Crippen LogP contribution in [0.2, 0.25) is 0 Å². The number of thiocarbonyl (C=S) groups is 2. The van der Waals surface area contributed by atoms with Crippen LogP contribution < -0.4 is 0 Å². The zero-order valence-corrected chi connectivity index (χ0v) is 21.2. The standard InChI is InChI=1S/C26H34O6S2/c1-14-8-4-6-10-17(14)20(33)12-16(3)21(26(34)18-11-7-5-9-15(18)2)23(30)25(32)24(31)22(29)19(28)13-27/h4-11,16,19,21-25,27-32H,12-13H2,1-3H3/t16?,19-,21?,22+,23?,24-,25+/m0/s1. The summed E-state index contributed by atoms with van der Waals surface area (Å²) >= 11 is 11.5. The highest BCUT2D eigenvalue weighted by atomic mass is 32.1. The molecule has 6 N–H and O–H groups in total. The summed E-state index contributed by atoms with van der Waals surface area (Å²) < 4.78 is 0. The van der Waals surface area contributed by atoms with E-state index < -0.39 is 43.0 Å². The molecule has 3 unspecified atom stereocenters. The van der Waals surface area contributed by atoms with Crippen molar-refractivity contribution in [3.63, 3.8) is 0 Å². The van der Waals surface area contributed by atoms with Crippen molar-refractivity contribution in [1.82, 2.24) is 0 Å². The van der Waals surface area contributed by atoms with E-state index in [1.807, 2.05) is 69.3 Å². The molecule has 2 aromatic carbocycles. The normalized spacial score (nSPS) is 17.8. The first-order valence-corrected chi connectivity index (χ1v) is 12.0. The molecule has 0 aliphatic carbocycles. The average molecular weight is 507 g/mol. The molecule has 2 rings (SSSR count). The van der Waals surface area contributed by atoms with Crippen LogP contribution in [0.4, 0.5) is 0 Å². The number of benzene rings is 2. The van der Waals surface area contributed by atoms with E-state index in [2.05, 4.69) is 0 Å². The molecule has 0 aliphatic rings. The number of hydrogen-bond donors (Lipinski definition) is 6. The smallest absolute Gasteiger partial charge is 0.111 e. The van der Waals surface area contributed by atoms with Crippen LogP contribution in [0.3, 0.4) is 0 Å². The highest BCUT2D eigenvalue weighted by molar-refractivity contribution is 7.81. The number of aliphatic hydroxyl groups is 6. The predicted molar refractivity (Wildman–Crippen MR) is 140 cm³/mol. The van der Waals surface area contributed by atoms with E-state index in [4.69, 9.17) is 29.5 Å². The maximum absolute atomic E-state index is 11.2. The summed E-state index contributed by atoms with van der Waals surface area (Å²) in [6.45, 7) is 4.90. The van der Waals surface area contributed by atoms with E-state index in [1.165, 1.54) is 0 Å². The molecule has 0 fully saturated rings. The van der Waals surface area contributed by atoms with Crippen molar-refractivity contribution in [3.8, 4) is 0 Å². The maximum Gasteiger partial charge on any atom is 0.111 e. The van der Waals surface area contributed by atoms with Crippen LogP contribution >= 0.6 is 24.4 Å². The van der Waals surface area contributed by atoms with E-state index in [-0.39, 0.29) is 5.92 Å². The van der Waals surface area contributed by atoms with Gasteiger partial charge in [-0.1, -0.05) is 79.9 Å². The Morgan fingerprint density at radius 3 is 1.71 bits per heavy atom. The molecule has 0 aliphatic heterocycles. The number of rotatable bonds is 12. The molecular formula is C26H34O6S2. The van der Waals surface area contributed by atoms with Crippen LogP contribution in [0.1, 0.15) is 35.6 Å². The lowest BCUT2D eigenvalue weighted by Gasteiger charge is -2.36. The van der Waals surface area contributed by atoms with Crippen LogP contribution in [-0.2, 0) is 0 Å². The minimum absolute atomic E-state index is 0.337. The van der Waals surface area contributed by atoms with E-state index >= 15 is 0 Å². The van der Waals surface area contributed by atoms with Crippen molar-refractivity contribution in [2.24, 2.45) is 11.8 Å². The summed E-state index contributed by atoms with van der Waals surface area (Å²) in [7, 11) is 0. The molecule has 0 aromatic heterocycles. The molecule has 0 spiro atoms. The molecule has 0 saturated carbocycles. The molecule has 34 heavy (non-hydrogen) atoms. The SMILES string of the molecule is Cc1ccccc1C(=S)CC(C)C(C(=S)c1ccccc1C)C(O)[C@@H](O)[C@@H](O)[C@H](O)[C@@H](O)CO. The second-order valence-electron chi connectivity index (χ2n) is 8.84. The number of hydrogen-bond acceptors (Lipinski definition) is 8. The lowest BCUT2D eigenvalue weighted by atomic mass is 9.76. The largest absolute Gasteiger partial charge is 0.394 e. The van der Waals surface area contributed by atoms with Gasteiger partial charge in [0.15, 0.2) is 0 Å². The van der Waals surface area contributed by atoms with Gasteiger partial charge in [0.05, 0.1) is 12.7 Å². The Bertz CT molecular complexity index is 981. The van der Waals surface area contributed by atoms with Crippen LogP contribution in [0.5, 0.6) is 0 Å². The summed E-state index contributed by atoms with van der Waals surface area (Å²) in [5, 5.41) is 61.1. The Morgan fingerprint density at radius 2 is 1.21 bits per heavy atom. The topological polar surface area (TPSA) is 121 Å². The lowest BCUT2D eigenvalue weighted by Crippen LogP contribution is -2.53. The van der Waals surface area contributed by atoms with Crippen molar-refractivity contribution in [2.75, 3.05) is 6.61 Å². The molecular weight excluding hydrogens is 472 g/mol. The summed E-state index contributed by atoms with van der Waals surface area (Å²) in [5.41, 5.74) is 3.56. The third-order valence-corrected chi connectivity index (χ3v) is 7.16. The van der Waals surface area contributed by atoms with Crippen molar-refractivity contribution in [1.29, 1.82) is 0 Å². The van der Waals surface area contributed by atoms with Crippen LogP contribution in [0.25, 0.3) is 0 Å². The van der Waals surface area contributed by atoms with Crippen LogP contribution in [0.15, 0.2) is 48.5 Å². The van der Waals surface area contributed by atoms with Gasteiger partial charge in [-0.05, 0) is 48.4 Å². The molecule has 0 radical (unpaired) electrons.